The Bertz CT molecular complexity index is 568. The van der Waals surface area contributed by atoms with Crippen LogP contribution in [0.15, 0.2) is 34.8 Å². The third-order valence-electron chi connectivity index (χ3n) is 3.14. The van der Waals surface area contributed by atoms with Crippen LogP contribution >= 0.6 is 50.5 Å². The molecule has 0 fully saturated rings. The average Bonchev–Trinajstić information content (AvgIpc) is 2.71. The van der Waals surface area contributed by atoms with Crippen molar-refractivity contribution in [3.63, 3.8) is 0 Å². The van der Waals surface area contributed by atoms with Gasteiger partial charge in [-0.15, -0.1) is 11.3 Å². The lowest BCUT2D eigenvalue weighted by molar-refractivity contribution is 0.478. The second-order valence-corrected chi connectivity index (χ2v) is 8.10. The molecule has 0 saturated heterocycles. The van der Waals surface area contributed by atoms with Gasteiger partial charge in [0.15, 0.2) is 0 Å². The zero-order valence-corrected chi connectivity index (χ0v) is 15.2. The maximum atomic E-state index is 6.19. The van der Waals surface area contributed by atoms with Crippen LogP contribution in [-0.4, -0.2) is 6.04 Å². The van der Waals surface area contributed by atoms with Crippen LogP contribution in [0.1, 0.15) is 31.0 Å². The highest BCUT2D eigenvalue weighted by atomic mass is 79.9. The van der Waals surface area contributed by atoms with Crippen LogP contribution in [0, 0.1) is 0 Å². The first kappa shape index (κ1) is 16.3. The van der Waals surface area contributed by atoms with Crippen molar-refractivity contribution in [3.05, 3.63) is 54.6 Å². The van der Waals surface area contributed by atoms with Crippen molar-refractivity contribution >= 4 is 50.5 Å². The van der Waals surface area contributed by atoms with Gasteiger partial charge in [-0.05, 0) is 49.6 Å². The van der Waals surface area contributed by atoms with Gasteiger partial charge in [0, 0.05) is 16.6 Å². The number of halogens is 3. The summed E-state index contributed by atoms with van der Waals surface area (Å²) in [6, 6.07) is 10.9. The maximum Gasteiger partial charge on any atom is 0.0991 e. The van der Waals surface area contributed by atoms with Gasteiger partial charge in [-0.2, -0.15) is 0 Å². The van der Waals surface area contributed by atoms with E-state index in [1.165, 1.54) is 16.9 Å². The Hall–Kier alpha value is -0.0600. The summed E-state index contributed by atoms with van der Waals surface area (Å²) in [6.45, 7) is 4.29. The van der Waals surface area contributed by atoms with Gasteiger partial charge in [0.2, 0.25) is 0 Å². The molecule has 2 atom stereocenters. The monoisotopic (exact) mass is 391 g/mol. The molecule has 0 aliphatic carbocycles. The van der Waals surface area contributed by atoms with E-state index in [0.29, 0.717) is 6.04 Å². The molecule has 0 spiro atoms. The van der Waals surface area contributed by atoms with E-state index < -0.39 is 0 Å². The molecule has 0 bridgehead atoms. The van der Waals surface area contributed by atoms with Crippen LogP contribution in [0.25, 0.3) is 0 Å². The van der Waals surface area contributed by atoms with E-state index in [1.54, 1.807) is 0 Å². The standard InChI is InChI=1S/C15H16BrCl2NS/c1-9(7-11-3-5-12(16)6-4-11)19-10(2)13-8-14(17)20-15(13)18/h3-6,8-10,19H,7H2,1-2H3. The molecule has 2 aromatic rings. The molecule has 0 aliphatic heterocycles. The molecule has 0 aliphatic rings. The van der Waals surface area contributed by atoms with E-state index >= 15 is 0 Å². The molecular formula is C15H16BrCl2NS. The van der Waals surface area contributed by atoms with Crippen LogP contribution in [0.5, 0.6) is 0 Å². The highest BCUT2D eigenvalue weighted by molar-refractivity contribution is 9.10. The van der Waals surface area contributed by atoms with Crippen molar-refractivity contribution in [3.8, 4) is 0 Å². The van der Waals surface area contributed by atoms with Crippen molar-refractivity contribution in [2.45, 2.75) is 32.4 Å². The molecule has 0 radical (unpaired) electrons. The zero-order valence-electron chi connectivity index (χ0n) is 11.3. The number of rotatable bonds is 5. The second-order valence-electron chi connectivity index (χ2n) is 4.90. The lowest BCUT2D eigenvalue weighted by Gasteiger charge is -2.20. The maximum absolute atomic E-state index is 6.19. The van der Waals surface area contributed by atoms with E-state index in [1.807, 2.05) is 6.07 Å². The quantitative estimate of drug-likeness (QED) is 0.648. The molecule has 5 heteroatoms. The molecule has 2 unspecified atom stereocenters. The van der Waals surface area contributed by atoms with E-state index in [4.69, 9.17) is 23.2 Å². The predicted molar refractivity (Wildman–Crippen MR) is 93.2 cm³/mol. The van der Waals surface area contributed by atoms with Gasteiger partial charge >= 0.3 is 0 Å². The number of hydrogen-bond acceptors (Lipinski definition) is 2. The highest BCUT2D eigenvalue weighted by Gasteiger charge is 2.15. The third kappa shape index (κ3) is 4.47. The normalized spacial score (nSPS) is 14.2. The predicted octanol–water partition coefficient (Wildman–Crippen LogP) is 6.10. The minimum Gasteiger partial charge on any atom is -0.307 e. The fourth-order valence-electron chi connectivity index (χ4n) is 2.20. The van der Waals surface area contributed by atoms with E-state index in [0.717, 1.165) is 25.1 Å². The Labute approximate surface area is 142 Å². The molecule has 1 heterocycles. The Balaban J connectivity index is 1.95. The molecule has 0 amide bonds. The highest BCUT2D eigenvalue weighted by Crippen LogP contribution is 2.35. The molecule has 1 aromatic carbocycles. The molecule has 1 aromatic heterocycles. The van der Waals surface area contributed by atoms with Crippen molar-refractivity contribution in [2.24, 2.45) is 0 Å². The van der Waals surface area contributed by atoms with E-state index in [9.17, 15) is 0 Å². The van der Waals surface area contributed by atoms with Crippen LogP contribution < -0.4 is 5.32 Å². The molecule has 20 heavy (non-hydrogen) atoms. The summed E-state index contributed by atoms with van der Waals surface area (Å²) in [4.78, 5) is 0. The summed E-state index contributed by atoms with van der Waals surface area (Å²) in [7, 11) is 0. The summed E-state index contributed by atoms with van der Waals surface area (Å²) >= 11 is 17.0. The van der Waals surface area contributed by atoms with Crippen LogP contribution in [-0.2, 0) is 6.42 Å². The number of thiophene rings is 1. The van der Waals surface area contributed by atoms with Crippen molar-refractivity contribution in [1.29, 1.82) is 0 Å². The van der Waals surface area contributed by atoms with Crippen molar-refractivity contribution in [1.82, 2.24) is 5.32 Å². The molecule has 108 valence electrons. The Morgan fingerprint density at radius 2 is 1.85 bits per heavy atom. The number of benzene rings is 1. The van der Waals surface area contributed by atoms with Gasteiger partial charge in [0.25, 0.3) is 0 Å². The second kappa shape index (κ2) is 7.28. The van der Waals surface area contributed by atoms with Crippen LogP contribution in [0.2, 0.25) is 8.67 Å². The lowest BCUT2D eigenvalue weighted by atomic mass is 10.1. The van der Waals surface area contributed by atoms with Gasteiger partial charge in [-0.3, -0.25) is 0 Å². The van der Waals surface area contributed by atoms with Crippen molar-refractivity contribution in [2.75, 3.05) is 0 Å². The fourth-order valence-corrected chi connectivity index (χ4v) is 4.11. The molecule has 1 N–H and O–H groups in total. The lowest BCUT2D eigenvalue weighted by Crippen LogP contribution is -2.30. The smallest absolute Gasteiger partial charge is 0.0991 e. The molecule has 1 nitrogen and oxygen atoms in total. The summed E-state index contributed by atoms with van der Waals surface area (Å²) in [5.74, 6) is 0. The molecule has 0 saturated carbocycles. The number of hydrogen-bond donors (Lipinski definition) is 1. The van der Waals surface area contributed by atoms with Crippen LogP contribution in [0.4, 0.5) is 0 Å². The van der Waals surface area contributed by atoms with Gasteiger partial charge in [0.05, 0.1) is 8.67 Å². The van der Waals surface area contributed by atoms with Crippen LogP contribution in [0.3, 0.4) is 0 Å². The Kier molecular flexibility index (Phi) is 5.94. The minimum absolute atomic E-state index is 0.191. The molecule has 2 rings (SSSR count). The topological polar surface area (TPSA) is 12.0 Å². The first-order valence-electron chi connectivity index (χ1n) is 6.41. The van der Waals surface area contributed by atoms with Gasteiger partial charge in [0.1, 0.15) is 0 Å². The van der Waals surface area contributed by atoms with Crippen molar-refractivity contribution < 1.29 is 0 Å². The number of nitrogens with one attached hydrogen (secondary N) is 1. The SMILES string of the molecule is CC(Cc1ccc(Br)cc1)NC(C)c1cc(Cl)sc1Cl. The minimum atomic E-state index is 0.191. The largest absolute Gasteiger partial charge is 0.307 e. The van der Waals surface area contributed by atoms with Gasteiger partial charge in [-0.1, -0.05) is 51.3 Å². The summed E-state index contributed by atoms with van der Waals surface area (Å²) < 4.78 is 2.61. The van der Waals surface area contributed by atoms with E-state index in [-0.39, 0.29) is 6.04 Å². The average molecular weight is 393 g/mol. The third-order valence-corrected chi connectivity index (χ3v) is 5.19. The summed E-state index contributed by atoms with van der Waals surface area (Å²) in [5, 5.41) is 3.57. The summed E-state index contributed by atoms with van der Waals surface area (Å²) in [5.41, 5.74) is 2.39. The Morgan fingerprint density at radius 1 is 1.20 bits per heavy atom. The summed E-state index contributed by atoms with van der Waals surface area (Å²) in [6.07, 6.45) is 0.979. The fraction of sp³-hybridized carbons (Fsp3) is 0.333. The van der Waals surface area contributed by atoms with Gasteiger partial charge < -0.3 is 5.32 Å². The van der Waals surface area contributed by atoms with Gasteiger partial charge in [-0.25, -0.2) is 0 Å². The zero-order chi connectivity index (χ0) is 14.7. The van der Waals surface area contributed by atoms with E-state index in [2.05, 4.69) is 59.4 Å². The first-order valence-corrected chi connectivity index (χ1v) is 8.77. The first-order chi connectivity index (χ1) is 9.45. The molecular weight excluding hydrogens is 377 g/mol. The Morgan fingerprint density at radius 3 is 2.40 bits per heavy atom.